The molecule has 0 spiro atoms. The lowest BCUT2D eigenvalue weighted by Crippen LogP contribution is -2.28. The molecule has 2 heterocycles. The highest BCUT2D eigenvalue weighted by Gasteiger charge is 2.14. The fraction of sp³-hybridized carbons (Fsp3) is 0.0556. The maximum Gasteiger partial charge on any atom is 0.261 e. The molecule has 1 amide bonds. The summed E-state index contributed by atoms with van der Waals surface area (Å²) in [6, 6.07) is 7.91. The number of halogens is 3. The Morgan fingerprint density at radius 3 is 2.66 bits per heavy atom. The lowest BCUT2D eigenvalue weighted by atomic mass is 10.2. The minimum Gasteiger partial charge on any atom is -0.323 e. The van der Waals surface area contributed by atoms with E-state index in [1.807, 2.05) is 0 Å². The molecule has 1 N–H and O–H groups in total. The zero-order chi connectivity index (χ0) is 20.5. The molecule has 29 heavy (non-hydrogen) atoms. The monoisotopic (exact) mass is 448 g/mol. The van der Waals surface area contributed by atoms with Crippen LogP contribution in [-0.4, -0.2) is 30.2 Å². The van der Waals surface area contributed by atoms with Crippen LogP contribution < -0.4 is 10.9 Å². The average molecular weight is 450 g/mol. The van der Waals surface area contributed by atoms with Gasteiger partial charge in [0.2, 0.25) is 5.91 Å². The summed E-state index contributed by atoms with van der Waals surface area (Å²) in [6.07, 6.45) is 4.13. The van der Waals surface area contributed by atoms with Gasteiger partial charge < -0.3 is 5.32 Å². The van der Waals surface area contributed by atoms with Gasteiger partial charge in [-0.25, -0.2) is 14.6 Å². The predicted octanol–water partition coefficient (Wildman–Crippen LogP) is 3.58. The number of carbonyl (C=O) groups is 1. The Balaban J connectivity index is 1.64. The Kier molecular flexibility index (Phi) is 5.23. The van der Waals surface area contributed by atoms with Crippen molar-refractivity contribution < 1.29 is 4.79 Å². The Bertz CT molecular complexity index is 1290. The highest BCUT2D eigenvalue weighted by molar-refractivity contribution is 6.38. The number of aromatic nitrogens is 5. The number of nitrogens with one attached hydrogen (secondary N) is 1. The fourth-order valence-corrected chi connectivity index (χ4v) is 3.51. The van der Waals surface area contributed by atoms with E-state index >= 15 is 0 Å². The van der Waals surface area contributed by atoms with Crippen molar-refractivity contribution in [3.63, 3.8) is 0 Å². The molecule has 4 aromatic rings. The van der Waals surface area contributed by atoms with Crippen LogP contribution in [0.4, 0.5) is 5.69 Å². The molecule has 146 valence electrons. The fourth-order valence-electron chi connectivity index (χ4n) is 2.79. The van der Waals surface area contributed by atoms with E-state index in [-0.39, 0.29) is 17.0 Å². The quantitative estimate of drug-likeness (QED) is 0.514. The van der Waals surface area contributed by atoms with Crippen molar-refractivity contribution in [3.8, 4) is 5.69 Å². The van der Waals surface area contributed by atoms with Crippen LogP contribution in [0, 0.1) is 0 Å². The summed E-state index contributed by atoms with van der Waals surface area (Å²) in [4.78, 5) is 33.4. The van der Waals surface area contributed by atoms with Gasteiger partial charge in [-0.3, -0.25) is 14.2 Å². The van der Waals surface area contributed by atoms with E-state index < -0.39 is 11.5 Å². The predicted molar refractivity (Wildman–Crippen MR) is 111 cm³/mol. The van der Waals surface area contributed by atoms with Gasteiger partial charge in [0, 0.05) is 10.0 Å². The number of benzene rings is 2. The molecule has 0 saturated heterocycles. The normalized spacial score (nSPS) is 11.0. The standard InChI is InChI=1S/C18H11Cl3N6O2/c19-10-1-2-15(27-8-22-7-24-27)14(5-10)25-16(28)6-26-9-23-17-12(18(26)29)3-11(20)4-13(17)21/h1-5,7-9H,6H2,(H,25,28). The van der Waals surface area contributed by atoms with Gasteiger partial charge in [-0.15, -0.1) is 0 Å². The number of nitrogens with zero attached hydrogens (tertiary/aromatic N) is 5. The average Bonchev–Trinajstić information content (AvgIpc) is 3.19. The van der Waals surface area contributed by atoms with Crippen molar-refractivity contribution in [2.45, 2.75) is 6.54 Å². The second-order valence-corrected chi connectivity index (χ2v) is 7.29. The van der Waals surface area contributed by atoms with Crippen LogP contribution in [0.3, 0.4) is 0 Å². The van der Waals surface area contributed by atoms with Crippen LogP contribution in [0.5, 0.6) is 0 Å². The summed E-state index contributed by atoms with van der Waals surface area (Å²) in [7, 11) is 0. The summed E-state index contributed by atoms with van der Waals surface area (Å²) in [5.74, 6) is -0.454. The van der Waals surface area contributed by atoms with Gasteiger partial charge in [-0.05, 0) is 30.3 Å². The molecular weight excluding hydrogens is 439 g/mol. The van der Waals surface area contributed by atoms with Crippen LogP contribution in [-0.2, 0) is 11.3 Å². The summed E-state index contributed by atoms with van der Waals surface area (Å²) >= 11 is 18.1. The molecule has 0 bridgehead atoms. The first-order chi connectivity index (χ1) is 13.9. The van der Waals surface area contributed by atoms with E-state index in [1.54, 1.807) is 18.2 Å². The molecule has 0 radical (unpaired) electrons. The van der Waals surface area contributed by atoms with Crippen LogP contribution in [0.2, 0.25) is 15.1 Å². The zero-order valence-corrected chi connectivity index (χ0v) is 16.8. The number of hydrogen-bond acceptors (Lipinski definition) is 5. The number of hydrogen-bond donors (Lipinski definition) is 1. The molecule has 0 fully saturated rings. The molecular formula is C18H11Cl3N6O2. The summed E-state index contributed by atoms with van der Waals surface area (Å²) in [5.41, 5.74) is 0.877. The number of amides is 1. The molecule has 0 aliphatic carbocycles. The molecule has 0 atom stereocenters. The molecule has 2 aromatic carbocycles. The van der Waals surface area contributed by atoms with Gasteiger partial charge in [-0.2, -0.15) is 5.10 Å². The third-order valence-corrected chi connectivity index (χ3v) is 4.80. The third-order valence-electron chi connectivity index (χ3n) is 4.06. The second-order valence-electron chi connectivity index (χ2n) is 6.01. The summed E-state index contributed by atoms with van der Waals surface area (Å²) < 4.78 is 2.66. The van der Waals surface area contributed by atoms with Crippen LogP contribution in [0.1, 0.15) is 0 Å². The first-order valence-corrected chi connectivity index (χ1v) is 9.34. The van der Waals surface area contributed by atoms with Crippen LogP contribution >= 0.6 is 34.8 Å². The highest BCUT2D eigenvalue weighted by Crippen LogP contribution is 2.25. The van der Waals surface area contributed by atoms with E-state index in [2.05, 4.69) is 20.4 Å². The lowest BCUT2D eigenvalue weighted by molar-refractivity contribution is -0.116. The van der Waals surface area contributed by atoms with Crippen molar-refractivity contribution in [2.75, 3.05) is 5.32 Å². The van der Waals surface area contributed by atoms with Gasteiger partial charge in [-0.1, -0.05) is 34.8 Å². The van der Waals surface area contributed by atoms with Gasteiger partial charge >= 0.3 is 0 Å². The van der Waals surface area contributed by atoms with Crippen LogP contribution in [0.15, 0.2) is 54.1 Å². The largest absolute Gasteiger partial charge is 0.323 e. The second kappa shape index (κ2) is 7.82. The van der Waals surface area contributed by atoms with Gasteiger partial charge in [0.25, 0.3) is 5.56 Å². The maximum absolute atomic E-state index is 12.7. The molecule has 4 rings (SSSR count). The Morgan fingerprint density at radius 2 is 1.90 bits per heavy atom. The van der Waals surface area contributed by atoms with Crippen molar-refractivity contribution in [1.82, 2.24) is 24.3 Å². The Hall–Kier alpha value is -2.94. The Morgan fingerprint density at radius 1 is 1.07 bits per heavy atom. The summed E-state index contributed by atoms with van der Waals surface area (Å²) in [6.45, 7) is -0.269. The number of anilines is 1. The van der Waals surface area contributed by atoms with Crippen molar-refractivity contribution in [2.24, 2.45) is 0 Å². The molecule has 0 aliphatic heterocycles. The van der Waals surface area contributed by atoms with Crippen molar-refractivity contribution in [1.29, 1.82) is 0 Å². The van der Waals surface area contributed by atoms with E-state index in [0.717, 1.165) is 0 Å². The lowest BCUT2D eigenvalue weighted by Gasteiger charge is -2.12. The van der Waals surface area contributed by atoms with E-state index in [4.69, 9.17) is 34.8 Å². The number of fused-ring (bicyclic) bond motifs is 1. The SMILES string of the molecule is O=C(Cn1cnc2c(Cl)cc(Cl)cc2c1=O)Nc1cc(Cl)ccc1-n1cncn1. The van der Waals surface area contributed by atoms with E-state index in [1.165, 1.54) is 40.4 Å². The van der Waals surface area contributed by atoms with Gasteiger partial charge in [0.15, 0.2) is 0 Å². The van der Waals surface area contributed by atoms with E-state index in [9.17, 15) is 9.59 Å². The Labute approximate surface area is 178 Å². The molecule has 8 nitrogen and oxygen atoms in total. The third kappa shape index (κ3) is 3.95. The zero-order valence-electron chi connectivity index (χ0n) is 14.5. The minimum absolute atomic E-state index is 0.226. The maximum atomic E-state index is 12.7. The first kappa shape index (κ1) is 19.4. The van der Waals surface area contributed by atoms with E-state index in [0.29, 0.717) is 26.9 Å². The number of rotatable bonds is 4. The van der Waals surface area contributed by atoms with Gasteiger partial charge in [0.1, 0.15) is 19.2 Å². The molecule has 0 saturated carbocycles. The first-order valence-electron chi connectivity index (χ1n) is 8.21. The van der Waals surface area contributed by atoms with Crippen molar-refractivity contribution in [3.05, 3.63) is 74.7 Å². The minimum atomic E-state index is -0.454. The molecule has 0 aliphatic rings. The molecule has 2 aromatic heterocycles. The van der Waals surface area contributed by atoms with Crippen LogP contribution in [0.25, 0.3) is 16.6 Å². The molecule has 11 heteroatoms. The van der Waals surface area contributed by atoms with Gasteiger partial charge in [0.05, 0.1) is 33.6 Å². The molecule has 0 unspecified atom stereocenters. The smallest absolute Gasteiger partial charge is 0.261 e. The summed E-state index contributed by atoms with van der Waals surface area (Å²) in [5, 5.41) is 8.01. The van der Waals surface area contributed by atoms with Crippen molar-refractivity contribution >= 4 is 57.3 Å². The topological polar surface area (TPSA) is 94.7 Å². The number of carbonyl (C=O) groups excluding carboxylic acids is 1. The highest BCUT2D eigenvalue weighted by atomic mass is 35.5.